The van der Waals surface area contributed by atoms with E-state index in [4.69, 9.17) is 0 Å². The van der Waals surface area contributed by atoms with Crippen molar-refractivity contribution < 1.29 is 9.18 Å². The number of rotatable bonds is 4. The van der Waals surface area contributed by atoms with E-state index in [1.54, 1.807) is 18.2 Å². The molecule has 0 aliphatic carbocycles. The van der Waals surface area contributed by atoms with Crippen LogP contribution in [0.15, 0.2) is 41.0 Å². The molecule has 0 saturated heterocycles. The third-order valence-corrected chi connectivity index (χ3v) is 3.40. The second-order valence-corrected chi connectivity index (χ2v) is 5.77. The molecule has 0 atom stereocenters. The Morgan fingerprint density at radius 3 is 2.60 bits per heavy atom. The molecular weight excluding hydrogens is 323 g/mol. The highest BCUT2D eigenvalue weighted by atomic mass is 79.9. The van der Waals surface area contributed by atoms with Crippen molar-refractivity contribution in [3.8, 4) is 0 Å². The van der Waals surface area contributed by atoms with Gasteiger partial charge in [-0.1, -0.05) is 12.1 Å². The monoisotopic (exact) mass is 338 g/mol. The number of nitrogens with one attached hydrogen (secondary N) is 1. The Morgan fingerprint density at radius 2 is 2.00 bits per heavy atom. The summed E-state index contributed by atoms with van der Waals surface area (Å²) in [4.78, 5) is 12.2. The van der Waals surface area contributed by atoms with Crippen LogP contribution in [0.25, 0.3) is 0 Å². The van der Waals surface area contributed by atoms with Crippen LogP contribution < -0.4 is 5.32 Å². The molecule has 0 unspecified atom stereocenters. The molecule has 2 rings (SSSR count). The fraction of sp³-hybridized carbons (Fsp3) is 0.267. The van der Waals surface area contributed by atoms with Gasteiger partial charge in [0.25, 0.3) is 5.91 Å². The van der Waals surface area contributed by atoms with E-state index in [0.29, 0.717) is 12.2 Å². The SMILES string of the molecule is CC(C)n1cc(Br)cc1C(=O)NCc1ccc(F)cc1. The summed E-state index contributed by atoms with van der Waals surface area (Å²) in [6.07, 6.45) is 1.89. The van der Waals surface area contributed by atoms with Crippen molar-refractivity contribution in [2.75, 3.05) is 0 Å². The van der Waals surface area contributed by atoms with Crippen molar-refractivity contribution >= 4 is 21.8 Å². The zero-order valence-corrected chi connectivity index (χ0v) is 12.9. The summed E-state index contributed by atoms with van der Waals surface area (Å²) < 4.78 is 15.6. The second-order valence-electron chi connectivity index (χ2n) is 4.85. The van der Waals surface area contributed by atoms with Gasteiger partial charge in [-0.15, -0.1) is 0 Å². The van der Waals surface area contributed by atoms with Gasteiger partial charge in [0.2, 0.25) is 0 Å². The van der Waals surface area contributed by atoms with Gasteiger partial charge in [0, 0.05) is 23.3 Å². The molecular formula is C15H16BrFN2O. The van der Waals surface area contributed by atoms with Gasteiger partial charge in [-0.2, -0.15) is 0 Å². The van der Waals surface area contributed by atoms with Crippen molar-refractivity contribution in [3.63, 3.8) is 0 Å². The molecule has 5 heteroatoms. The molecule has 1 heterocycles. The number of carbonyl (C=O) groups is 1. The van der Waals surface area contributed by atoms with Crippen LogP contribution >= 0.6 is 15.9 Å². The van der Waals surface area contributed by atoms with E-state index in [-0.39, 0.29) is 17.8 Å². The number of hydrogen-bond donors (Lipinski definition) is 1. The maximum absolute atomic E-state index is 12.8. The first-order chi connectivity index (χ1) is 9.47. The first-order valence-electron chi connectivity index (χ1n) is 6.37. The third kappa shape index (κ3) is 3.48. The van der Waals surface area contributed by atoms with Gasteiger partial charge in [0.05, 0.1) is 0 Å². The van der Waals surface area contributed by atoms with Crippen LogP contribution in [0.5, 0.6) is 0 Å². The highest BCUT2D eigenvalue weighted by Crippen LogP contribution is 2.19. The Morgan fingerprint density at radius 1 is 1.35 bits per heavy atom. The zero-order valence-electron chi connectivity index (χ0n) is 11.4. The number of aromatic nitrogens is 1. The second kappa shape index (κ2) is 6.22. The largest absolute Gasteiger partial charge is 0.347 e. The molecule has 0 radical (unpaired) electrons. The van der Waals surface area contributed by atoms with E-state index < -0.39 is 0 Å². The van der Waals surface area contributed by atoms with Crippen LogP contribution in [-0.4, -0.2) is 10.5 Å². The Labute approximate surface area is 125 Å². The van der Waals surface area contributed by atoms with Crippen LogP contribution in [0.4, 0.5) is 4.39 Å². The Bertz CT molecular complexity index is 605. The molecule has 0 saturated carbocycles. The van der Waals surface area contributed by atoms with Crippen molar-refractivity contribution in [3.05, 3.63) is 58.1 Å². The van der Waals surface area contributed by atoms with E-state index in [1.807, 2.05) is 24.6 Å². The maximum Gasteiger partial charge on any atom is 0.268 e. The number of benzene rings is 1. The van der Waals surface area contributed by atoms with Gasteiger partial charge in [0.15, 0.2) is 0 Å². The van der Waals surface area contributed by atoms with E-state index in [2.05, 4.69) is 21.2 Å². The molecule has 0 spiro atoms. The minimum atomic E-state index is -0.280. The topological polar surface area (TPSA) is 34.0 Å². The molecule has 0 bridgehead atoms. The molecule has 0 fully saturated rings. The standard InChI is InChI=1S/C15H16BrFN2O/c1-10(2)19-9-12(16)7-14(19)15(20)18-8-11-3-5-13(17)6-4-11/h3-7,9-10H,8H2,1-2H3,(H,18,20). The fourth-order valence-electron chi connectivity index (χ4n) is 1.93. The lowest BCUT2D eigenvalue weighted by molar-refractivity contribution is 0.0940. The Hall–Kier alpha value is -1.62. The Kier molecular flexibility index (Phi) is 4.60. The summed E-state index contributed by atoms with van der Waals surface area (Å²) in [6.45, 7) is 4.41. The third-order valence-electron chi connectivity index (χ3n) is 2.97. The quantitative estimate of drug-likeness (QED) is 0.901. The van der Waals surface area contributed by atoms with Gasteiger partial charge >= 0.3 is 0 Å². The average molecular weight is 339 g/mol. The van der Waals surface area contributed by atoms with Gasteiger partial charge in [-0.05, 0) is 53.5 Å². The van der Waals surface area contributed by atoms with E-state index in [0.717, 1.165) is 10.0 Å². The van der Waals surface area contributed by atoms with Crippen LogP contribution in [-0.2, 0) is 6.54 Å². The van der Waals surface area contributed by atoms with Crippen molar-refractivity contribution in [1.82, 2.24) is 9.88 Å². The van der Waals surface area contributed by atoms with Crippen LogP contribution in [0, 0.1) is 5.82 Å². The predicted octanol–water partition coefficient (Wildman–Crippen LogP) is 3.90. The van der Waals surface area contributed by atoms with E-state index in [1.165, 1.54) is 12.1 Å². The highest BCUT2D eigenvalue weighted by Gasteiger charge is 2.14. The number of hydrogen-bond acceptors (Lipinski definition) is 1. The van der Waals surface area contributed by atoms with Crippen molar-refractivity contribution in [2.24, 2.45) is 0 Å². The number of nitrogens with zero attached hydrogens (tertiary/aromatic N) is 1. The van der Waals surface area contributed by atoms with E-state index in [9.17, 15) is 9.18 Å². The molecule has 1 aromatic heterocycles. The minimum absolute atomic E-state index is 0.145. The molecule has 20 heavy (non-hydrogen) atoms. The summed E-state index contributed by atoms with van der Waals surface area (Å²) in [5.74, 6) is -0.425. The maximum atomic E-state index is 12.8. The van der Waals surface area contributed by atoms with E-state index >= 15 is 0 Å². The first kappa shape index (κ1) is 14.8. The number of carbonyl (C=O) groups excluding carboxylic acids is 1. The highest BCUT2D eigenvalue weighted by molar-refractivity contribution is 9.10. The molecule has 3 nitrogen and oxygen atoms in total. The minimum Gasteiger partial charge on any atom is -0.347 e. The van der Waals surface area contributed by atoms with Gasteiger partial charge in [-0.25, -0.2) is 4.39 Å². The molecule has 1 aromatic carbocycles. The molecule has 0 aliphatic heterocycles. The summed E-state index contributed by atoms with van der Waals surface area (Å²) >= 11 is 3.38. The molecule has 1 N–H and O–H groups in total. The predicted molar refractivity (Wildman–Crippen MR) is 80.1 cm³/mol. The molecule has 2 aromatic rings. The van der Waals surface area contributed by atoms with Gasteiger partial charge < -0.3 is 9.88 Å². The molecule has 0 aliphatic rings. The van der Waals surface area contributed by atoms with Crippen molar-refractivity contribution in [2.45, 2.75) is 26.4 Å². The van der Waals surface area contributed by atoms with Gasteiger partial charge in [-0.3, -0.25) is 4.79 Å². The van der Waals surface area contributed by atoms with Gasteiger partial charge in [0.1, 0.15) is 11.5 Å². The summed E-state index contributed by atoms with van der Waals surface area (Å²) in [6, 6.07) is 8.08. The summed E-state index contributed by atoms with van der Waals surface area (Å²) in [5, 5.41) is 2.84. The van der Waals surface area contributed by atoms with Crippen molar-refractivity contribution in [1.29, 1.82) is 0 Å². The summed E-state index contributed by atoms with van der Waals surface area (Å²) in [7, 11) is 0. The normalized spacial score (nSPS) is 10.8. The first-order valence-corrected chi connectivity index (χ1v) is 7.16. The fourth-order valence-corrected chi connectivity index (χ4v) is 2.37. The molecule has 106 valence electrons. The average Bonchev–Trinajstić information content (AvgIpc) is 2.80. The van der Waals surface area contributed by atoms with Crippen LogP contribution in [0.3, 0.4) is 0 Å². The number of amides is 1. The zero-order chi connectivity index (χ0) is 14.7. The smallest absolute Gasteiger partial charge is 0.268 e. The lowest BCUT2D eigenvalue weighted by atomic mass is 10.2. The Balaban J connectivity index is 2.07. The van der Waals surface area contributed by atoms with Crippen LogP contribution in [0.2, 0.25) is 0 Å². The molecule has 1 amide bonds. The van der Waals surface area contributed by atoms with Crippen LogP contribution in [0.1, 0.15) is 35.9 Å². The number of halogens is 2. The summed E-state index contributed by atoms with van der Waals surface area (Å²) in [5.41, 5.74) is 1.47. The lowest BCUT2D eigenvalue weighted by Crippen LogP contribution is -2.25. The lowest BCUT2D eigenvalue weighted by Gasteiger charge is -2.12.